The molecule has 0 fully saturated rings. The lowest BCUT2D eigenvalue weighted by molar-refractivity contribution is 0.566. The molecular weight excluding hydrogens is 310 g/mol. The lowest BCUT2D eigenvalue weighted by Crippen LogP contribution is -2.27. The summed E-state index contributed by atoms with van der Waals surface area (Å²) in [6.45, 7) is 8.01. The summed E-state index contributed by atoms with van der Waals surface area (Å²) in [5, 5.41) is 4.16. The Kier molecular flexibility index (Phi) is 5.26. The second-order valence-corrected chi connectivity index (χ2v) is 7.74. The van der Waals surface area contributed by atoms with Crippen LogP contribution in [0, 0.1) is 6.92 Å². The van der Waals surface area contributed by atoms with Gasteiger partial charge in [-0.1, -0.05) is 26.0 Å². The summed E-state index contributed by atoms with van der Waals surface area (Å²) < 4.78 is 29.6. The van der Waals surface area contributed by atoms with E-state index in [0.717, 1.165) is 23.2 Å². The normalized spacial score (nSPS) is 14.7. The van der Waals surface area contributed by atoms with E-state index in [4.69, 9.17) is 0 Å². The van der Waals surface area contributed by atoms with Gasteiger partial charge in [0.1, 0.15) is 0 Å². The average Bonchev–Trinajstić information content (AvgIpc) is 2.86. The first kappa shape index (κ1) is 17.7. The maximum Gasteiger partial charge on any atom is 0.241 e. The van der Waals surface area contributed by atoms with Crippen molar-refractivity contribution >= 4 is 10.0 Å². The molecule has 1 aromatic carbocycles. The first-order chi connectivity index (χ1) is 10.8. The summed E-state index contributed by atoms with van der Waals surface area (Å²) in [6, 6.07) is 6.80. The maximum absolute atomic E-state index is 12.5. The minimum absolute atomic E-state index is 0.290. The van der Waals surface area contributed by atoms with Crippen molar-refractivity contribution in [2.75, 3.05) is 0 Å². The van der Waals surface area contributed by atoms with Gasteiger partial charge in [0, 0.05) is 24.3 Å². The van der Waals surface area contributed by atoms with Crippen LogP contribution in [0.25, 0.3) is 0 Å². The van der Waals surface area contributed by atoms with Crippen molar-refractivity contribution < 1.29 is 8.42 Å². The lowest BCUT2D eigenvalue weighted by Gasteiger charge is -2.15. The summed E-state index contributed by atoms with van der Waals surface area (Å²) in [7, 11) is -1.71. The third kappa shape index (κ3) is 3.82. The second kappa shape index (κ2) is 6.84. The van der Waals surface area contributed by atoms with E-state index in [2.05, 4.69) is 23.7 Å². The van der Waals surface area contributed by atoms with Crippen LogP contribution in [0.15, 0.2) is 35.4 Å². The highest BCUT2D eigenvalue weighted by molar-refractivity contribution is 7.89. The van der Waals surface area contributed by atoms with E-state index in [9.17, 15) is 8.42 Å². The number of hydrogen-bond acceptors (Lipinski definition) is 3. The minimum Gasteiger partial charge on any atom is -0.273 e. The predicted molar refractivity (Wildman–Crippen MR) is 91.8 cm³/mol. The van der Waals surface area contributed by atoms with Crippen LogP contribution in [-0.4, -0.2) is 18.2 Å². The fraction of sp³-hybridized carbons (Fsp3) is 0.471. The van der Waals surface area contributed by atoms with Crippen molar-refractivity contribution in [3.8, 4) is 0 Å². The number of nitrogens with one attached hydrogen (secondary N) is 1. The fourth-order valence-electron chi connectivity index (χ4n) is 2.52. The van der Waals surface area contributed by atoms with Crippen molar-refractivity contribution in [3.05, 3.63) is 47.3 Å². The Morgan fingerprint density at radius 3 is 2.30 bits per heavy atom. The van der Waals surface area contributed by atoms with Gasteiger partial charge in [-0.05, 0) is 43.9 Å². The highest BCUT2D eigenvalue weighted by Gasteiger charge is 2.21. The van der Waals surface area contributed by atoms with Gasteiger partial charge in [0.05, 0.1) is 11.1 Å². The molecule has 2 rings (SSSR count). The molecule has 2 aromatic rings. The molecule has 5 nitrogen and oxygen atoms in total. The molecular formula is C17H25N3O2S. The molecule has 1 N–H and O–H groups in total. The topological polar surface area (TPSA) is 64.0 Å². The van der Waals surface area contributed by atoms with Crippen molar-refractivity contribution in [1.82, 2.24) is 14.5 Å². The van der Waals surface area contributed by atoms with E-state index in [-0.39, 0.29) is 10.9 Å². The van der Waals surface area contributed by atoms with E-state index >= 15 is 0 Å². The second-order valence-electron chi connectivity index (χ2n) is 6.03. The Balaban J connectivity index is 2.20. The zero-order chi connectivity index (χ0) is 17.2. The number of sulfonamides is 1. The fourth-order valence-corrected chi connectivity index (χ4v) is 3.74. The summed E-state index contributed by atoms with van der Waals surface area (Å²) in [5.41, 5.74) is 2.99. The van der Waals surface area contributed by atoms with Gasteiger partial charge in [0.15, 0.2) is 0 Å². The first-order valence-electron chi connectivity index (χ1n) is 7.87. The van der Waals surface area contributed by atoms with Crippen LogP contribution >= 0.6 is 0 Å². The van der Waals surface area contributed by atoms with Crippen LogP contribution in [0.1, 0.15) is 56.0 Å². The zero-order valence-electron chi connectivity index (χ0n) is 14.4. The summed E-state index contributed by atoms with van der Waals surface area (Å²) in [5.74, 6) is 0.427. The molecule has 0 spiro atoms. The quantitative estimate of drug-likeness (QED) is 0.881. The van der Waals surface area contributed by atoms with Gasteiger partial charge >= 0.3 is 0 Å². The van der Waals surface area contributed by atoms with E-state index in [1.165, 1.54) is 0 Å². The number of rotatable bonds is 6. The molecule has 0 amide bonds. The van der Waals surface area contributed by atoms with Crippen LogP contribution in [0.2, 0.25) is 0 Å². The molecule has 1 heterocycles. The molecule has 0 bridgehead atoms. The smallest absolute Gasteiger partial charge is 0.241 e. The number of aryl methyl sites for hydroxylation is 1. The summed E-state index contributed by atoms with van der Waals surface area (Å²) >= 11 is 0. The van der Waals surface area contributed by atoms with Gasteiger partial charge in [0.2, 0.25) is 10.0 Å². The Morgan fingerprint density at radius 2 is 1.83 bits per heavy atom. The third-order valence-corrected chi connectivity index (χ3v) is 6.00. The van der Waals surface area contributed by atoms with Crippen molar-refractivity contribution in [2.45, 2.75) is 51.0 Å². The highest BCUT2D eigenvalue weighted by atomic mass is 32.2. The molecule has 23 heavy (non-hydrogen) atoms. The van der Waals surface area contributed by atoms with Gasteiger partial charge in [-0.2, -0.15) is 5.10 Å². The Morgan fingerprint density at radius 1 is 1.22 bits per heavy atom. The van der Waals surface area contributed by atoms with Crippen molar-refractivity contribution in [2.24, 2.45) is 7.05 Å². The average molecular weight is 335 g/mol. The Labute approximate surface area is 138 Å². The lowest BCUT2D eigenvalue weighted by atomic mass is 9.99. The minimum atomic E-state index is -3.55. The molecule has 2 atom stereocenters. The first-order valence-corrected chi connectivity index (χ1v) is 9.35. The number of benzene rings is 1. The molecule has 0 saturated heterocycles. The maximum atomic E-state index is 12.5. The van der Waals surface area contributed by atoms with Crippen LogP contribution < -0.4 is 4.72 Å². The summed E-state index contributed by atoms with van der Waals surface area (Å²) in [4.78, 5) is 0.290. The van der Waals surface area contributed by atoms with Gasteiger partial charge in [-0.3, -0.25) is 4.68 Å². The zero-order valence-corrected chi connectivity index (χ0v) is 15.2. The molecule has 0 aliphatic heterocycles. The van der Waals surface area contributed by atoms with Crippen molar-refractivity contribution in [3.63, 3.8) is 0 Å². The SMILES string of the molecule is CCC(C)c1ccc(S(=O)(=O)NC(C)c2cnn(C)c2C)cc1. The number of nitrogens with zero attached hydrogens (tertiary/aromatic N) is 2. The molecule has 0 aliphatic carbocycles. The largest absolute Gasteiger partial charge is 0.273 e. The number of aromatic nitrogens is 2. The molecule has 126 valence electrons. The highest BCUT2D eigenvalue weighted by Crippen LogP contribution is 2.22. The van der Waals surface area contributed by atoms with Crippen molar-refractivity contribution in [1.29, 1.82) is 0 Å². The van der Waals surface area contributed by atoms with E-state index in [0.29, 0.717) is 5.92 Å². The number of hydrogen-bond donors (Lipinski definition) is 1. The van der Waals surface area contributed by atoms with Crippen LogP contribution in [0.4, 0.5) is 0 Å². The van der Waals surface area contributed by atoms with Gasteiger partial charge < -0.3 is 0 Å². The standard InChI is InChI=1S/C17H25N3O2S/c1-6-12(2)15-7-9-16(10-8-15)23(21,22)19-13(3)17-11-18-20(5)14(17)4/h7-13,19H,6H2,1-5H3. The Hall–Kier alpha value is -1.66. The molecule has 0 saturated carbocycles. The van der Waals surface area contributed by atoms with Gasteiger partial charge in [0.25, 0.3) is 0 Å². The van der Waals surface area contributed by atoms with Crippen LogP contribution in [0.3, 0.4) is 0 Å². The molecule has 6 heteroatoms. The van der Waals surface area contributed by atoms with Gasteiger partial charge in [-0.25, -0.2) is 13.1 Å². The predicted octanol–water partition coefficient (Wildman–Crippen LogP) is 3.28. The molecule has 2 unspecified atom stereocenters. The summed E-state index contributed by atoms with van der Waals surface area (Å²) in [6.07, 6.45) is 2.73. The monoisotopic (exact) mass is 335 g/mol. The third-order valence-electron chi connectivity index (χ3n) is 4.44. The molecule has 0 radical (unpaired) electrons. The van der Waals surface area contributed by atoms with Gasteiger partial charge in [-0.15, -0.1) is 0 Å². The molecule has 0 aliphatic rings. The Bertz CT molecular complexity index is 764. The molecule has 1 aromatic heterocycles. The van der Waals surface area contributed by atoms with Crippen LogP contribution in [-0.2, 0) is 17.1 Å². The van der Waals surface area contributed by atoms with E-state index in [1.54, 1.807) is 23.0 Å². The van der Waals surface area contributed by atoms with E-state index < -0.39 is 10.0 Å². The van der Waals surface area contributed by atoms with E-state index in [1.807, 2.05) is 33.0 Å². The van der Waals surface area contributed by atoms with Crippen LogP contribution in [0.5, 0.6) is 0 Å².